The van der Waals surface area contributed by atoms with E-state index in [9.17, 15) is 14.9 Å². The molecule has 9 nitrogen and oxygen atoms in total. The average molecular weight is 512 g/mol. The lowest BCUT2D eigenvalue weighted by Crippen LogP contribution is -2.41. The molecule has 0 bridgehead atoms. The third-order valence-corrected chi connectivity index (χ3v) is 5.70. The van der Waals surface area contributed by atoms with Crippen LogP contribution in [0.3, 0.4) is 0 Å². The van der Waals surface area contributed by atoms with Gasteiger partial charge in [-0.25, -0.2) is 9.59 Å². The minimum atomic E-state index is -1.03. The maximum atomic E-state index is 13.4. The first-order chi connectivity index (χ1) is 17.3. The van der Waals surface area contributed by atoms with Crippen molar-refractivity contribution in [2.45, 2.75) is 19.8 Å². The molecule has 1 heterocycles. The molecule has 0 fully saturated rings. The predicted molar refractivity (Wildman–Crippen MR) is 133 cm³/mol. The number of ether oxygens (including phenoxy) is 4. The summed E-state index contributed by atoms with van der Waals surface area (Å²) in [7, 11) is 2.93. The Labute approximate surface area is 214 Å². The molecule has 1 aliphatic rings. The van der Waals surface area contributed by atoms with Crippen LogP contribution in [0, 0.1) is 11.3 Å². The zero-order valence-electron chi connectivity index (χ0n) is 20.3. The van der Waals surface area contributed by atoms with Crippen molar-refractivity contribution in [3.05, 3.63) is 75.7 Å². The maximum Gasteiger partial charge on any atom is 0.355 e. The number of nitrogens with zero attached hydrogens (tertiary/aromatic N) is 2. The van der Waals surface area contributed by atoms with Gasteiger partial charge in [0.25, 0.3) is 0 Å². The van der Waals surface area contributed by atoms with Crippen LogP contribution in [-0.2, 0) is 19.1 Å². The lowest BCUT2D eigenvalue weighted by atomic mass is 9.81. The van der Waals surface area contributed by atoms with Gasteiger partial charge in [-0.1, -0.05) is 23.7 Å². The third kappa shape index (κ3) is 4.95. The van der Waals surface area contributed by atoms with E-state index in [0.717, 1.165) is 0 Å². The molecule has 0 amide bonds. The highest BCUT2D eigenvalue weighted by Crippen LogP contribution is 2.46. The Bertz CT molecular complexity index is 1280. The quantitative estimate of drug-likeness (QED) is 0.523. The highest BCUT2D eigenvalue weighted by Gasteiger charge is 2.44. The second kappa shape index (κ2) is 11.5. The molecule has 0 radical (unpaired) electrons. The van der Waals surface area contributed by atoms with Crippen molar-refractivity contribution in [3.8, 4) is 17.6 Å². The molecule has 1 unspecified atom stereocenters. The number of halogens is 1. The van der Waals surface area contributed by atoms with Crippen molar-refractivity contribution in [2.75, 3.05) is 32.3 Å². The summed E-state index contributed by atoms with van der Waals surface area (Å²) in [6.07, 6.45) is 0. The zero-order valence-corrected chi connectivity index (χ0v) is 21.1. The van der Waals surface area contributed by atoms with E-state index in [1.54, 1.807) is 56.3 Å². The Morgan fingerprint density at radius 2 is 1.75 bits per heavy atom. The van der Waals surface area contributed by atoms with E-state index < -0.39 is 17.9 Å². The largest absolute Gasteiger partial charge is 0.497 e. The Kier molecular flexibility index (Phi) is 8.46. The van der Waals surface area contributed by atoms with Crippen LogP contribution in [0.5, 0.6) is 11.5 Å². The molecular weight excluding hydrogens is 486 g/mol. The molecule has 2 aromatic carbocycles. The molecular formula is C26H26ClN3O6. The van der Waals surface area contributed by atoms with Crippen LogP contribution in [0.4, 0.5) is 5.69 Å². The number of rotatable bonds is 8. The summed E-state index contributed by atoms with van der Waals surface area (Å²) >= 11 is 6.23. The molecule has 0 saturated carbocycles. The molecule has 2 N–H and O–H groups in total. The molecule has 0 saturated heterocycles. The van der Waals surface area contributed by atoms with E-state index in [2.05, 4.69) is 6.07 Å². The Morgan fingerprint density at radius 1 is 1.06 bits per heavy atom. The number of nitriles is 1. The summed E-state index contributed by atoms with van der Waals surface area (Å²) in [4.78, 5) is 28.1. The van der Waals surface area contributed by atoms with Gasteiger partial charge in [-0.2, -0.15) is 5.26 Å². The van der Waals surface area contributed by atoms with E-state index in [-0.39, 0.29) is 47.3 Å². The molecule has 2 aromatic rings. The highest BCUT2D eigenvalue weighted by molar-refractivity contribution is 6.30. The van der Waals surface area contributed by atoms with Gasteiger partial charge in [0.2, 0.25) is 0 Å². The molecule has 0 aliphatic carbocycles. The van der Waals surface area contributed by atoms with Gasteiger partial charge in [-0.05, 0) is 43.7 Å². The Morgan fingerprint density at radius 3 is 2.33 bits per heavy atom. The van der Waals surface area contributed by atoms with E-state index in [1.807, 2.05) is 0 Å². The summed E-state index contributed by atoms with van der Waals surface area (Å²) in [6, 6.07) is 13.5. The molecule has 1 aliphatic heterocycles. The summed E-state index contributed by atoms with van der Waals surface area (Å²) in [5.74, 6) is -1.98. The number of methoxy groups -OCH3 is 2. The van der Waals surface area contributed by atoms with Crippen molar-refractivity contribution in [1.29, 1.82) is 5.26 Å². The topological polar surface area (TPSA) is 124 Å². The molecule has 188 valence electrons. The number of nitrogens with two attached hydrogens (primary N) is 1. The van der Waals surface area contributed by atoms with Gasteiger partial charge >= 0.3 is 11.9 Å². The predicted octanol–water partition coefficient (Wildman–Crippen LogP) is 4.04. The maximum absolute atomic E-state index is 13.4. The van der Waals surface area contributed by atoms with E-state index >= 15 is 0 Å². The summed E-state index contributed by atoms with van der Waals surface area (Å²) in [5, 5.41) is 10.6. The lowest BCUT2D eigenvalue weighted by molar-refractivity contribution is -0.142. The van der Waals surface area contributed by atoms with Gasteiger partial charge in [0.05, 0.1) is 56.3 Å². The van der Waals surface area contributed by atoms with Crippen LogP contribution in [0.15, 0.2) is 65.1 Å². The fraction of sp³-hybridized carbons (Fsp3) is 0.269. The number of hydrogen-bond donors (Lipinski definition) is 1. The van der Waals surface area contributed by atoms with Crippen LogP contribution in [0.25, 0.3) is 0 Å². The van der Waals surface area contributed by atoms with E-state index in [4.69, 9.17) is 36.3 Å². The van der Waals surface area contributed by atoms with Gasteiger partial charge in [0, 0.05) is 11.1 Å². The molecule has 0 aromatic heterocycles. The van der Waals surface area contributed by atoms with E-state index in [1.165, 1.54) is 19.1 Å². The Balaban J connectivity index is 2.45. The molecule has 1 atom stereocenters. The van der Waals surface area contributed by atoms with Gasteiger partial charge in [-0.15, -0.1) is 0 Å². The number of esters is 2. The standard InChI is InChI=1S/C26H26ClN3O6/c1-5-35-25(31)22-21(15-8-7-9-16(27)12-15)18(14-28)24(29)30(23(22)26(32)36-6-2)19-11-10-17(33-3)13-20(19)34-4/h7-13,21H,5-6,29H2,1-4H3. The van der Waals surface area contributed by atoms with Crippen LogP contribution in [0.2, 0.25) is 5.02 Å². The van der Waals surface area contributed by atoms with Gasteiger partial charge in [0.1, 0.15) is 23.0 Å². The Hall–Kier alpha value is -4.16. The van der Waals surface area contributed by atoms with Crippen LogP contribution in [0.1, 0.15) is 25.3 Å². The fourth-order valence-corrected chi connectivity index (χ4v) is 4.17. The second-order valence-corrected chi connectivity index (χ2v) is 7.91. The SMILES string of the molecule is CCOC(=O)C1=C(C(=O)OCC)N(c2ccc(OC)cc2OC)C(N)=C(C#N)C1c1cccc(Cl)c1. The normalized spacial score (nSPS) is 15.3. The monoisotopic (exact) mass is 511 g/mol. The summed E-state index contributed by atoms with van der Waals surface area (Å²) in [6.45, 7) is 3.34. The van der Waals surface area contributed by atoms with Crippen LogP contribution >= 0.6 is 11.6 Å². The summed E-state index contributed by atoms with van der Waals surface area (Å²) < 4.78 is 21.5. The number of hydrogen-bond acceptors (Lipinski definition) is 9. The third-order valence-electron chi connectivity index (χ3n) is 5.47. The van der Waals surface area contributed by atoms with Crippen molar-refractivity contribution < 1.29 is 28.5 Å². The number of allylic oxidation sites excluding steroid dienone is 1. The minimum absolute atomic E-state index is 0.0197. The second-order valence-electron chi connectivity index (χ2n) is 7.48. The van der Waals surface area contributed by atoms with Crippen molar-refractivity contribution >= 4 is 29.2 Å². The highest BCUT2D eigenvalue weighted by atomic mass is 35.5. The lowest BCUT2D eigenvalue weighted by Gasteiger charge is -2.36. The zero-order chi connectivity index (χ0) is 26.4. The number of anilines is 1. The van der Waals surface area contributed by atoms with Gasteiger partial charge in [-0.3, -0.25) is 4.90 Å². The molecule has 10 heteroatoms. The number of benzene rings is 2. The first kappa shape index (κ1) is 26.4. The van der Waals surface area contributed by atoms with E-state index in [0.29, 0.717) is 16.3 Å². The molecule has 36 heavy (non-hydrogen) atoms. The average Bonchev–Trinajstić information content (AvgIpc) is 2.87. The van der Waals surface area contributed by atoms with Crippen molar-refractivity contribution in [1.82, 2.24) is 0 Å². The summed E-state index contributed by atoms with van der Waals surface area (Å²) in [5.41, 5.74) is 7.04. The van der Waals surface area contributed by atoms with Gasteiger partial charge < -0.3 is 24.7 Å². The molecule has 3 rings (SSSR count). The number of carbonyl (C=O) groups excluding carboxylic acids is 2. The van der Waals surface area contributed by atoms with Crippen LogP contribution in [-0.4, -0.2) is 39.4 Å². The van der Waals surface area contributed by atoms with Gasteiger partial charge in [0.15, 0.2) is 0 Å². The fourth-order valence-electron chi connectivity index (χ4n) is 3.98. The first-order valence-corrected chi connectivity index (χ1v) is 11.5. The first-order valence-electron chi connectivity index (χ1n) is 11.1. The number of carbonyl (C=O) groups is 2. The van der Waals surface area contributed by atoms with Crippen LogP contribution < -0.4 is 20.1 Å². The van der Waals surface area contributed by atoms with Crippen molar-refractivity contribution in [3.63, 3.8) is 0 Å². The smallest absolute Gasteiger partial charge is 0.355 e. The minimum Gasteiger partial charge on any atom is -0.497 e. The molecule has 0 spiro atoms. The van der Waals surface area contributed by atoms with Crippen molar-refractivity contribution in [2.24, 2.45) is 5.73 Å².